The molecule has 74 valence electrons. The van der Waals surface area contributed by atoms with Gasteiger partial charge < -0.3 is 14.6 Å². The topological polar surface area (TPSA) is 55.8 Å². The third-order valence-corrected chi connectivity index (χ3v) is 2.03. The predicted molar refractivity (Wildman–Crippen MR) is 48.6 cm³/mol. The van der Waals surface area contributed by atoms with Crippen LogP contribution in [0, 0.1) is 0 Å². The Bertz CT molecular complexity index is 359. The summed E-state index contributed by atoms with van der Waals surface area (Å²) in [4.78, 5) is 11.4. The van der Waals surface area contributed by atoms with Gasteiger partial charge in [-0.15, -0.1) is 0 Å². The van der Waals surface area contributed by atoms with Gasteiger partial charge in [0, 0.05) is 12.0 Å². The van der Waals surface area contributed by atoms with Crippen LogP contribution in [-0.4, -0.2) is 24.3 Å². The van der Waals surface area contributed by atoms with Crippen LogP contribution in [0.2, 0.25) is 0 Å². The van der Waals surface area contributed by atoms with Crippen molar-refractivity contribution < 1.29 is 19.4 Å². The zero-order valence-corrected chi connectivity index (χ0v) is 7.53. The lowest BCUT2D eigenvalue weighted by atomic mass is 10.1. The van der Waals surface area contributed by atoms with Crippen molar-refractivity contribution in [1.29, 1.82) is 0 Å². The lowest BCUT2D eigenvalue weighted by molar-refractivity contribution is 0.0956. The molecule has 1 aliphatic heterocycles. The fraction of sp³-hybridized carbons (Fsp3) is 0.300. The molecule has 0 aliphatic carbocycles. The van der Waals surface area contributed by atoms with E-state index in [-0.39, 0.29) is 25.6 Å². The second kappa shape index (κ2) is 3.67. The van der Waals surface area contributed by atoms with Crippen LogP contribution in [0.5, 0.6) is 11.5 Å². The number of Topliss-reactive ketones (excluding diaryl/α,β-unsaturated/α-hetero) is 1. The van der Waals surface area contributed by atoms with Crippen molar-refractivity contribution >= 4 is 5.78 Å². The van der Waals surface area contributed by atoms with Crippen LogP contribution in [0.3, 0.4) is 0 Å². The normalized spacial score (nSPS) is 12.9. The van der Waals surface area contributed by atoms with Crippen molar-refractivity contribution in [3.05, 3.63) is 23.8 Å². The third-order valence-electron chi connectivity index (χ3n) is 2.03. The zero-order chi connectivity index (χ0) is 9.97. The second-order valence-electron chi connectivity index (χ2n) is 2.96. The van der Waals surface area contributed by atoms with E-state index in [1.54, 1.807) is 18.2 Å². The minimum Gasteiger partial charge on any atom is -0.454 e. The fourth-order valence-corrected chi connectivity index (χ4v) is 1.32. The SMILES string of the molecule is O=C(CCO)c1ccc2c(c1)OCO2. The molecule has 0 spiro atoms. The van der Waals surface area contributed by atoms with E-state index in [4.69, 9.17) is 14.6 Å². The first-order chi connectivity index (χ1) is 6.81. The maximum Gasteiger partial charge on any atom is 0.231 e. The first-order valence-electron chi connectivity index (χ1n) is 4.35. The largest absolute Gasteiger partial charge is 0.454 e. The number of aliphatic hydroxyl groups excluding tert-OH is 1. The van der Waals surface area contributed by atoms with Gasteiger partial charge in [-0.2, -0.15) is 0 Å². The standard InChI is InChI=1S/C10H10O4/c11-4-3-8(12)7-1-2-9-10(5-7)14-6-13-9/h1-2,5,11H,3-4,6H2. The van der Waals surface area contributed by atoms with Gasteiger partial charge in [0.05, 0.1) is 6.61 Å². The molecule has 2 rings (SSSR count). The van der Waals surface area contributed by atoms with Crippen molar-refractivity contribution in [2.75, 3.05) is 13.4 Å². The smallest absolute Gasteiger partial charge is 0.231 e. The summed E-state index contributed by atoms with van der Waals surface area (Å²) in [6.45, 7) is 0.0697. The maximum absolute atomic E-state index is 11.4. The quantitative estimate of drug-likeness (QED) is 0.729. The molecule has 4 heteroatoms. The second-order valence-corrected chi connectivity index (χ2v) is 2.96. The number of rotatable bonds is 3. The van der Waals surface area contributed by atoms with Crippen LogP contribution >= 0.6 is 0 Å². The molecule has 0 radical (unpaired) electrons. The lowest BCUT2D eigenvalue weighted by Gasteiger charge is -2.00. The molecule has 0 unspecified atom stereocenters. The summed E-state index contributed by atoms with van der Waals surface area (Å²) in [6, 6.07) is 5.01. The van der Waals surface area contributed by atoms with E-state index in [1.165, 1.54) is 0 Å². The molecule has 1 N–H and O–H groups in total. The molecule has 0 atom stereocenters. The van der Waals surface area contributed by atoms with E-state index in [2.05, 4.69) is 0 Å². The van der Waals surface area contributed by atoms with E-state index in [0.717, 1.165) is 0 Å². The van der Waals surface area contributed by atoms with Crippen molar-refractivity contribution in [2.45, 2.75) is 6.42 Å². The summed E-state index contributed by atoms with van der Waals surface area (Å²) in [6.07, 6.45) is 0.139. The number of carbonyl (C=O) groups excluding carboxylic acids is 1. The number of ether oxygens (including phenoxy) is 2. The molecule has 0 saturated heterocycles. The van der Waals surface area contributed by atoms with Crippen LogP contribution in [-0.2, 0) is 0 Å². The summed E-state index contributed by atoms with van der Waals surface area (Å²) in [5.41, 5.74) is 0.545. The summed E-state index contributed by atoms with van der Waals surface area (Å²) in [5.74, 6) is 1.16. The van der Waals surface area contributed by atoms with E-state index in [0.29, 0.717) is 17.1 Å². The Kier molecular flexibility index (Phi) is 2.37. The molecule has 0 amide bonds. The number of hydrogen-bond donors (Lipinski definition) is 1. The van der Waals surface area contributed by atoms with E-state index >= 15 is 0 Å². The highest BCUT2D eigenvalue weighted by atomic mass is 16.7. The van der Waals surface area contributed by atoms with Gasteiger partial charge in [0.15, 0.2) is 17.3 Å². The molecule has 0 fully saturated rings. The monoisotopic (exact) mass is 194 g/mol. The number of fused-ring (bicyclic) bond motifs is 1. The van der Waals surface area contributed by atoms with Gasteiger partial charge in [-0.3, -0.25) is 4.79 Å². The number of aliphatic hydroxyl groups is 1. The Balaban J connectivity index is 2.24. The molecule has 0 aromatic heterocycles. The molecule has 4 nitrogen and oxygen atoms in total. The molecule has 1 aliphatic rings. The highest BCUT2D eigenvalue weighted by molar-refractivity contribution is 5.96. The highest BCUT2D eigenvalue weighted by Crippen LogP contribution is 2.32. The predicted octanol–water partition coefficient (Wildman–Crippen LogP) is 0.980. The highest BCUT2D eigenvalue weighted by Gasteiger charge is 2.15. The first-order valence-corrected chi connectivity index (χ1v) is 4.35. The van der Waals surface area contributed by atoms with Gasteiger partial charge in [-0.05, 0) is 18.2 Å². The van der Waals surface area contributed by atoms with Crippen LogP contribution in [0.25, 0.3) is 0 Å². The molecule has 1 aromatic carbocycles. The fourth-order valence-electron chi connectivity index (χ4n) is 1.32. The molecule has 0 bridgehead atoms. The Morgan fingerprint density at radius 1 is 1.36 bits per heavy atom. The van der Waals surface area contributed by atoms with Gasteiger partial charge in [0.1, 0.15) is 0 Å². The van der Waals surface area contributed by atoms with E-state index in [9.17, 15) is 4.79 Å². The summed E-state index contributed by atoms with van der Waals surface area (Å²) < 4.78 is 10.2. The van der Waals surface area contributed by atoms with E-state index < -0.39 is 0 Å². The van der Waals surface area contributed by atoms with Crippen LogP contribution < -0.4 is 9.47 Å². The van der Waals surface area contributed by atoms with Crippen molar-refractivity contribution in [1.82, 2.24) is 0 Å². The average molecular weight is 194 g/mol. The molecule has 1 heterocycles. The minimum absolute atomic E-state index is 0.0919. The van der Waals surface area contributed by atoms with Gasteiger partial charge >= 0.3 is 0 Å². The summed E-state index contributed by atoms with van der Waals surface area (Å²) in [7, 11) is 0. The van der Waals surface area contributed by atoms with Crippen LogP contribution in [0.15, 0.2) is 18.2 Å². The van der Waals surface area contributed by atoms with Crippen molar-refractivity contribution in [2.24, 2.45) is 0 Å². The Morgan fingerprint density at radius 2 is 2.14 bits per heavy atom. The molecule has 1 aromatic rings. The Labute approximate surface area is 81.1 Å². The maximum atomic E-state index is 11.4. The van der Waals surface area contributed by atoms with Gasteiger partial charge in [0.2, 0.25) is 6.79 Å². The third kappa shape index (κ3) is 1.56. The average Bonchev–Trinajstić information content (AvgIpc) is 2.64. The lowest BCUT2D eigenvalue weighted by Crippen LogP contribution is -2.01. The molecular formula is C10H10O4. The first kappa shape index (κ1) is 9.02. The zero-order valence-electron chi connectivity index (χ0n) is 7.53. The van der Waals surface area contributed by atoms with Crippen molar-refractivity contribution in [3.63, 3.8) is 0 Å². The van der Waals surface area contributed by atoms with E-state index in [1.807, 2.05) is 0 Å². The molecule has 0 saturated carbocycles. The van der Waals surface area contributed by atoms with Crippen LogP contribution in [0.1, 0.15) is 16.8 Å². The van der Waals surface area contributed by atoms with Gasteiger partial charge in [-0.25, -0.2) is 0 Å². The Hall–Kier alpha value is -1.55. The molecule has 14 heavy (non-hydrogen) atoms. The van der Waals surface area contributed by atoms with Gasteiger partial charge in [0.25, 0.3) is 0 Å². The van der Waals surface area contributed by atoms with Gasteiger partial charge in [-0.1, -0.05) is 0 Å². The van der Waals surface area contributed by atoms with Crippen molar-refractivity contribution in [3.8, 4) is 11.5 Å². The summed E-state index contributed by atoms with van der Waals surface area (Å²) >= 11 is 0. The number of hydrogen-bond acceptors (Lipinski definition) is 4. The van der Waals surface area contributed by atoms with Crippen LogP contribution in [0.4, 0.5) is 0 Å². The Morgan fingerprint density at radius 3 is 2.93 bits per heavy atom. The molecular weight excluding hydrogens is 184 g/mol. The minimum atomic E-state index is -0.132. The number of carbonyl (C=O) groups is 1. The number of benzene rings is 1. The number of ketones is 1. The summed E-state index contributed by atoms with van der Waals surface area (Å²) in [5, 5.41) is 8.61.